The molecule has 15 heavy (non-hydrogen) atoms. The van der Waals surface area contributed by atoms with Crippen LogP contribution in [-0.2, 0) is 14.3 Å². The van der Waals surface area contributed by atoms with E-state index in [1.807, 2.05) is 0 Å². The lowest BCUT2D eigenvalue weighted by atomic mass is 10.2. The fraction of sp³-hybridized carbons (Fsp3) is 0.800. The normalized spacial score (nSPS) is 14.6. The lowest BCUT2D eigenvalue weighted by molar-refractivity contribution is -0.143. The van der Waals surface area contributed by atoms with Gasteiger partial charge in [0.1, 0.15) is 0 Å². The smallest absolute Gasteiger partial charge is 0.307 e. The third-order valence-corrected chi connectivity index (χ3v) is 2.30. The first-order valence-electron chi connectivity index (χ1n) is 5.38. The first-order valence-corrected chi connectivity index (χ1v) is 5.38. The summed E-state index contributed by atoms with van der Waals surface area (Å²) in [5.41, 5.74) is 0. The van der Waals surface area contributed by atoms with Gasteiger partial charge < -0.3 is 15.0 Å². The molecule has 1 amide bonds. The van der Waals surface area contributed by atoms with Crippen molar-refractivity contribution >= 4 is 11.9 Å². The van der Waals surface area contributed by atoms with Crippen LogP contribution in [0.2, 0.25) is 0 Å². The van der Waals surface area contributed by atoms with Crippen LogP contribution in [0.25, 0.3) is 0 Å². The number of carbonyl (C=O) groups excluding carboxylic acids is 2. The summed E-state index contributed by atoms with van der Waals surface area (Å²) in [6.45, 7) is 4.75. The maximum absolute atomic E-state index is 11.3. The van der Waals surface area contributed by atoms with Crippen LogP contribution in [0.3, 0.4) is 0 Å². The van der Waals surface area contributed by atoms with Gasteiger partial charge >= 0.3 is 5.97 Å². The van der Waals surface area contributed by atoms with E-state index in [0.29, 0.717) is 26.1 Å². The van der Waals surface area contributed by atoms with Crippen molar-refractivity contribution in [3.63, 3.8) is 0 Å². The number of ether oxygens (including phenoxy) is 1. The van der Waals surface area contributed by atoms with Crippen LogP contribution >= 0.6 is 0 Å². The van der Waals surface area contributed by atoms with E-state index >= 15 is 0 Å². The van der Waals surface area contributed by atoms with E-state index in [4.69, 9.17) is 4.74 Å². The lowest BCUT2D eigenvalue weighted by Crippen LogP contribution is -2.46. The second kappa shape index (κ2) is 6.40. The minimum atomic E-state index is -0.221. The van der Waals surface area contributed by atoms with Crippen LogP contribution in [0.15, 0.2) is 0 Å². The molecule has 1 aliphatic rings. The molecule has 1 fully saturated rings. The van der Waals surface area contributed by atoms with E-state index in [2.05, 4.69) is 5.32 Å². The number of likely N-dealkylation sites (tertiary alicyclic amines) is 1. The Hall–Kier alpha value is -1.10. The number of amides is 1. The second-order valence-corrected chi connectivity index (χ2v) is 3.47. The molecule has 0 bridgehead atoms. The van der Waals surface area contributed by atoms with Gasteiger partial charge in [0.15, 0.2) is 0 Å². The van der Waals surface area contributed by atoms with Crippen LogP contribution in [0.1, 0.15) is 19.8 Å². The fourth-order valence-corrected chi connectivity index (χ4v) is 1.30. The highest BCUT2D eigenvalue weighted by Crippen LogP contribution is 2.04. The molecule has 0 aromatic heterocycles. The summed E-state index contributed by atoms with van der Waals surface area (Å²) in [6, 6.07) is 0. The van der Waals surface area contributed by atoms with Crippen molar-refractivity contribution in [3.05, 3.63) is 0 Å². The van der Waals surface area contributed by atoms with Gasteiger partial charge in [-0.05, 0) is 13.3 Å². The molecule has 0 aromatic carbocycles. The Kier molecular flexibility index (Phi) is 5.10. The van der Waals surface area contributed by atoms with E-state index in [0.717, 1.165) is 19.5 Å². The Balaban J connectivity index is 1.96. The SMILES string of the molecule is CCOC(=O)CCNCC(=O)N1CCC1. The average Bonchev–Trinajstić information content (AvgIpc) is 2.10. The van der Waals surface area contributed by atoms with Gasteiger partial charge in [-0.1, -0.05) is 0 Å². The van der Waals surface area contributed by atoms with Crippen molar-refractivity contribution in [1.29, 1.82) is 0 Å². The standard InChI is InChI=1S/C10H18N2O3/c1-2-15-10(14)4-5-11-8-9(13)12-6-3-7-12/h11H,2-8H2,1H3. The van der Waals surface area contributed by atoms with Gasteiger partial charge in [-0.15, -0.1) is 0 Å². The van der Waals surface area contributed by atoms with E-state index in [-0.39, 0.29) is 11.9 Å². The van der Waals surface area contributed by atoms with Gasteiger partial charge in [0.2, 0.25) is 5.91 Å². The number of nitrogens with one attached hydrogen (secondary N) is 1. The number of rotatable bonds is 6. The highest BCUT2D eigenvalue weighted by Gasteiger charge is 2.19. The molecular weight excluding hydrogens is 196 g/mol. The number of esters is 1. The molecule has 0 atom stereocenters. The van der Waals surface area contributed by atoms with Crippen molar-refractivity contribution in [1.82, 2.24) is 10.2 Å². The Labute approximate surface area is 89.8 Å². The lowest BCUT2D eigenvalue weighted by Gasteiger charge is -2.30. The summed E-state index contributed by atoms with van der Waals surface area (Å²) in [5, 5.41) is 2.93. The molecule has 0 aliphatic carbocycles. The summed E-state index contributed by atoms with van der Waals surface area (Å²) >= 11 is 0. The summed E-state index contributed by atoms with van der Waals surface area (Å²) in [5.74, 6) is -0.105. The third kappa shape index (κ3) is 4.29. The van der Waals surface area contributed by atoms with Gasteiger partial charge in [0.25, 0.3) is 0 Å². The molecule has 0 radical (unpaired) electrons. The number of hydrogen-bond acceptors (Lipinski definition) is 4. The van der Waals surface area contributed by atoms with Gasteiger partial charge in [-0.3, -0.25) is 9.59 Å². The maximum atomic E-state index is 11.3. The molecular formula is C10H18N2O3. The second-order valence-electron chi connectivity index (χ2n) is 3.47. The predicted molar refractivity (Wildman–Crippen MR) is 55.3 cm³/mol. The number of nitrogens with zero attached hydrogens (tertiary/aromatic N) is 1. The number of hydrogen-bond donors (Lipinski definition) is 1. The average molecular weight is 214 g/mol. The summed E-state index contributed by atoms with van der Waals surface area (Å²) in [6.07, 6.45) is 1.43. The Morgan fingerprint density at radius 2 is 2.13 bits per heavy atom. The van der Waals surface area contributed by atoms with Crippen molar-refractivity contribution in [2.24, 2.45) is 0 Å². The van der Waals surface area contributed by atoms with Crippen molar-refractivity contribution in [2.75, 3.05) is 32.8 Å². The van der Waals surface area contributed by atoms with Crippen molar-refractivity contribution < 1.29 is 14.3 Å². The molecule has 5 heteroatoms. The monoisotopic (exact) mass is 214 g/mol. The molecule has 5 nitrogen and oxygen atoms in total. The largest absolute Gasteiger partial charge is 0.466 e. The van der Waals surface area contributed by atoms with Gasteiger partial charge in [0, 0.05) is 19.6 Å². The minimum Gasteiger partial charge on any atom is -0.466 e. The molecule has 1 N–H and O–H groups in total. The zero-order valence-electron chi connectivity index (χ0n) is 9.12. The molecule has 0 unspecified atom stereocenters. The molecule has 1 saturated heterocycles. The van der Waals surface area contributed by atoms with Crippen molar-refractivity contribution in [2.45, 2.75) is 19.8 Å². The Bertz CT molecular complexity index is 227. The maximum Gasteiger partial charge on any atom is 0.307 e. The van der Waals surface area contributed by atoms with Crippen LogP contribution in [0, 0.1) is 0 Å². The third-order valence-electron chi connectivity index (χ3n) is 2.30. The van der Waals surface area contributed by atoms with E-state index < -0.39 is 0 Å². The topological polar surface area (TPSA) is 58.6 Å². The first-order chi connectivity index (χ1) is 7.24. The predicted octanol–water partition coefficient (Wildman–Crippen LogP) is -0.238. The van der Waals surface area contributed by atoms with Crippen LogP contribution < -0.4 is 5.32 Å². The summed E-state index contributed by atoms with van der Waals surface area (Å²) in [4.78, 5) is 24.1. The summed E-state index contributed by atoms with van der Waals surface area (Å²) < 4.78 is 4.75. The molecule has 1 rings (SSSR count). The fourth-order valence-electron chi connectivity index (χ4n) is 1.30. The highest BCUT2D eigenvalue weighted by molar-refractivity contribution is 5.79. The van der Waals surface area contributed by atoms with Crippen LogP contribution in [0.4, 0.5) is 0 Å². The van der Waals surface area contributed by atoms with Crippen LogP contribution in [-0.4, -0.2) is 49.6 Å². The van der Waals surface area contributed by atoms with Crippen molar-refractivity contribution in [3.8, 4) is 0 Å². The zero-order chi connectivity index (χ0) is 11.1. The highest BCUT2D eigenvalue weighted by atomic mass is 16.5. The number of carbonyl (C=O) groups is 2. The van der Waals surface area contributed by atoms with Gasteiger partial charge in [0.05, 0.1) is 19.6 Å². The molecule has 0 spiro atoms. The van der Waals surface area contributed by atoms with Crippen LogP contribution in [0.5, 0.6) is 0 Å². The Morgan fingerprint density at radius 3 is 2.67 bits per heavy atom. The van der Waals surface area contributed by atoms with Gasteiger partial charge in [-0.25, -0.2) is 0 Å². The first kappa shape index (κ1) is 12.0. The minimum absolute atomic E-state index is 0.116. The summed E-state index contributed by atoms with van der Waals surface area (Å²) in [7, 11) is 0. The zero-order valence-corrected chi connectivity index (χ0v) is 9.12. The quantitative estimate of drug-likeness (QED) is 0.490. The molecule has 1 aliphatic heterocycles. The molecule has 0 saturated carbocycles. The van der Waals surface area contributed by atoms with Gasteiger partial charge in [-0.2, -0.15) is 0 Å². The Morgan fingerprint density at radius 1 is 1.40 bits per heavy atom. The molecule has 86 valence electrons. The van der Waals surface area contributed by atoms with E-state index in [9.17, 15) is 9.59 Å². The van der Waals surface area contributed by atoms with E-state index in [1.54, 1.807) is 11.8 Å². The van der Waals surface area contributed by atoms with E-state index in [1.165, 1.54) is 0 Å². The molecule has 0 aromatic rings. The molecule has 1 heterocycles.